The summed E-state index contributed by atoms with van der Waals surface area (Å²) >= 11 is 0. The van der Waals surface area contributed by atoms with Gasteiger partial charge in [-0.25, -0.2) is 0 Å². The first kappa shape index (κ1) is 12.8. The quantitative estimate of drug-likeness (QED) is 0.688. The van der Waals surface area contributed by atoms with Crippen LogP contribution in [0.3, 0.4) is 0 Å². The third kappa shape index (κ3) is 3.66. The molecule has 1 aliphatic carbocycles. The molecule has 1 saturated carbocycles. The number of nitrogens with zero attached hydrogens (tertiary/aromatic N) is 1. The van der Waals surface area contributed by atoms with Crippen LogP contribution < -0.4 is 5.32 Å². The van der Waals surface area contributed by atoms with Crippen molar-refractivity contribution in [3.8, 4) is 0 Å². The minimum absolute atomic E-state index is 0.108. The van der Waals surface area contributed by atoms with Gasteiger partial charge in [0.25, 0.3) is 0 Å². The van der Waals surface area contributed by atoms with Crippen LogP contribution in [0.1, 0.15) is 19.8 Å². The SMILES string of the molecule is CC(NCC(O)C1CC1)C(=O)N1CCOCC1. The number of rotatable bonds is 5. The third-order valence-electron chi connectivity index (χ3n) is 3.49. The van der Waals surface area contributed by atoms with E-state index in [9.17, 15) is 9.90 Å². The molecule has 2 rings (SSSR count). The molecular formula is C12H22N2O3. The fourth-order valence-electron chi connectivity index (χ4n) is 2.09. The van der Waals surface area contributed by atoms with Gasteiger partial charge in [-0.3, -0.25) is 4.79 Å². The lowest BCUT2D eigenvalue weighted by molar-refractivity contribution is -0.137. The lowest BCUT2D eigenvalue weighted by Crippen LogP contribution is -2.50. The Hall–Kier alpha value is -0.650. The molecule has 0 spiro atoms. The van der Waals surface area contributed by atoms with Gasteiger partial charge >= 0.3 is 0 Å². The van der Waals surface area contributed by atoms with E-state index < -0.39 is 0 Å². The van der Waals surface area contributed by atoms with Gasteiger partial charge in [0.1, 0.15) is 0 Å². The number of carbonyl (C=O) groups excluding carboxylic acids is 1. The molecule has 0 aromatic heterocycles. The average molecular weight is 242 g/mol. The first-order chi connectivity index (χ1) is 8.18. The summed E-state index contributed by atoms with van der Waals surface area (Å²) in [6.45, 7) is 4.98. The van der Waals surface area contributed by atoms with Crippen molar-refractivity contribution in [1.29, 1.82) is 0 Å². The molecule has 17 heavy (non-hydrogen) atoms. The molecule has 0 aromatic rings. The van der Waals surface area contributed by atoms with Gasteiger partial charge in [-0.1, -0.05) is 0 Å². The Bertz CT molecular complexity index is 262. The topological polar surface area (TPSA) is 61.8 Å². The summed E-state index contributed by atoms with van der Waals surface area (Å²) in [6, 6.07) is -0.221. The van der Waals surface area contributed by atoms with Crippen molar-refractivity contribution in [2.24, 2.45) is 5.92 Å². The van der Waals surface area contributed by atoms with Crippen molar-refractivity contribution in [1.82, 2.24) is 10.2 Å². The Labute approximate surface area is 102 Å². The number of ether oxygens (including phenoxy) is 1. The minimum Gasteiger partial charge on any atom is -0.392 e. The van der Waals surface area contributed by atoms with Crippen molar-refractivity contribution in [2.75, 3.05) is 32.8 Å². The monoisotopic (exact) mass is 242 g/mol. The van der Waals surface area contributed by atoms with Gasteiger partial charge < -0.3 is 20.1 Å². The van der Waals surface area contributed by atoms with E-state index in [-0.39, 0.29) is 18.1 Å². The summed E-state index contributed by atoms with van der Waals surface area (Å²) in [5.41, 5.74) is 0. The highest BCUT2D eigenvalue weighted by atomic mass is 16.5. The Kier molecular flexibility index (Phi) is 4.36. The zero-order chi connectivity index (χ0) is 12.3. The largest absolute Gasteiger partial charge is 0.392 e. The van der Waals surface area contributed by atoms with Gasteiger partial charge in [0.15, 0.2) is 0 Å². The molecule has 1 saturated heterocycles. The molecule has 0 radical (unpaired) electrons. The Balaban J connectivity index is 1.70. The Morgan fingerprint density at radius 3 is 2.71 bits per heavy atom. The summed E-state index contributed by atoms with van der Waals surface area (Å²) < 4.78 is 5.21. The number of morpholine rings is 1. The predicted molar refractivity (Wildman–Crippen MR) is 63.6 cm³/mol. The molecule has 5 nitrogen and oxygen atoms in total. The van der Waals surface area contributed by atoms with Gasteiger partial charge in [0, 0.05) is 19.6 Å². The van der Waals surface area contributed by atoms with Gasteiger partial charge in [-0.15, -0.1) is 0 Å². The fourth-order valence-corrected chi connectivity index (χ4v) is 2.09. The highest BCUT2D eigenvalue weighted by Crippen LogP contribution is 2.32. The van der Waals surface area contributed by atoms with E-state index in [1.54, 1.807) is 0 Å². The summed E-state index contributed by atoms with van der Waals surface area (Å²) in [6.07, 6.45) is 1.94. The van der Waals surface area contributed by atoms with Crippen molar-refractivity contribution >= 4 is 5.91 Å². The normalized spacial score (nSPS) is 24.5. The molecule has 0 aromatic carbocycles. The van der Waals surface area contributed by atoms with Crippen LogP contribution in [-0.2, 0) is 9.53 Å². The van der Waals surface area contributed by atoms with E-state index in [1.807, 2.05) is 11.8 Å². The standard InChI is InChI=1S/C12H22N2O3/c1-9(13-8-11(15)10-2-3-10)12(16)14-4-6-17-7-5-14/h9-11,13,15H,2-8H2,1H3. The molecule has 2 unspecified atom stereocenters. The molecule has 1 heterocycles. The highest BCUT2D eigenvalue weighted by molar-refractivity contribution is 5.81. The first-order valence-electron chi connectivity index (χ1n) is 6.46. The number of hydrogen-bond acceptors (Lipinski definition) is 4. The molecule has 2 N–H and O–H groups in total. The number of carbonyl (C=O) groups is 1. The summed E-state index contributed by atoms with van der Waals surface area (Å²) in [7, 11) is 0. The van der Waals surface area contributed by atoms with Crippen LogP contribution in [0.4, 0.5) is 0 Å². The lowest BCUT2D eigenvalue weighted by atomic mass is 10.2. The number of nitrogens with one attached hydrogen (secondary N) is 1. The predicted octanol–water partition coefficient (Wildman–Crippen LogP) is -0.406. The van der Waals surface area contributed by atoms with E-state index in [2.05, 4.69) is 5.32 Å². The van der Waals surface area contributed by atoms with Gasteiger partial charge in [0.2, 0.25) is 5.91 Å². The van der Waals surface area contributed by atoms with Crippen molar-refractivity contribution in [2.45, 2.75) is 31.9 Å². The van der Waals surface area contributed by atoms with E-state index in [0.29, 0.717) is 38.8 Å². The lowest BCUT2D eigenvalue weighted by Gasteiger charge is -2.29. The van der Waals surface area contributed by atoms with Gasteiger partial charge in [-0.05, 0) is 25.7 Å². The number of amides is 1. The molecule has 2 atom stereocenters. The third-order valence-corrected chi connectivity index (χ3v) is 3.49. The molecule has 2 aliphatic rings. The van der Waals surface area contributed by atoms with Crippen molar-refractivity contribution in [3.63, 3.8) is 0 Å². The second-order valence-electron chi connectivity index (χ2n) is 4.97. The van der Waals surface area contributed by atoms with Gasteiger partial charge in [-0.2, -0.15) is 0 Å². The van der Waals surface area contributed by atoms with Crippen molar-refractivity contribution in [3.05, 3.63) is 0 Å². The maximum absolute atomic E-state index is 12.0. The Morgan fingerprint density at radius 2 is 2.12 bits per heavy atom. The first-order valence-corrected chi connectivity index (χ1v) is 6.46. The highest BCUT2D eigenvalue weighted by Gasteiger charge is 2.30. The molecule has 2 fully saturated rings. The zero-order valence-electron chi connectivity index (χ0n) is 10.4. The molecular weight excluding hydrogens is 220 g/mol. The van der Waals surface area contributed by atoms with Crippen LogP contribution in [0, 0.1) is 5.92 Å². The van der Waals surface area contributed by atoms with Crippen LogP contribution >= 0.6 is 0 Å². The molecule has 1 aliphatic heterocycles. The number of aliphatic hydroxyl groups excluding tert-OH is 1. The van der Waals surface area contributed by atoms with Crippen LogP contribution in [-0.4, -0.2) is 60.9 Å². The maximum Gasteiger partial charge on any atom is 0.239 e. The van der Waals surface area contributed by atoms with Crippen LogP contribution in [0.5, 0.6) is 0 Å². The second-order valence-corrected chi connectivity index (χ2v) is 4.97. The van der Waals surface area contributed by atoms with E-state index >= 15 is 0 Å². The van der Waals surface area contributed by atoms with E-state index in [4.69, 9.17) is 4.74 Å². The van der Waals surface area contributed by atoms with Crippen molar-refractivity contribution < 1.29 is 14.6 Å². The fraction of sp³-hybridized carbons (Fsp3) is 0.917. The van der Waals surface area contributed by atoms with E-state index in [1.165, 1.54) is 0 Å². The number of hydrogen-bond donors (Lipinski definition) is 2. The summed E-state index contributed by atoms with van der Waals surface area (Å²) in [4.78, 5) is 13.8. The van der Waals surface area contributed by atoms with Gasteiger partial charge in [0.05, 0.1) is 25.4 Å². The smallest absolute Gasteiger partial charge is 0.239 e. The Morgan fingerprint density at radius 1 is 1.47 bits per heavy atom. The summed E-state index contributed by atoms with van der Waals surface area (Å²) in [5, 5.41) is 12.8. The second kappa shape index (κ2) is 5.80. The molecule has 0 bridgehead atoms. The number of aliphatic hydroxyl groups is 1. The zero-order valence-corrected chi connectivity index (χ0v) is 10.4. The van der Waals surface area contributed by atoms with Crippen LogP contribution in [0.25, 0.3) is 0 Å². The molecule has 5 heteroatoms. The summed E-state index contributed by atoms with van der Waals surface area (Å²) in [5.74, 6) is 0.560. The average Bonchev–Trinajstić information content (AvgIpc) is 3.20. The van der Waals surface area contributed by atoms with Crippen LogP contribution in [0.2, 0.25) is 0 Å². The van der Waals surface area contributed by atoms with E-state index in [0.717, 1.165) is 12.8 Å². The van der Waals surface area contributed by atoms with Crippen LogP contribution in [0.15, 0.2) is 0 Å². The minimum atomic E-state index is -0.296. The molecule has 1 amide bonds. The molecule has 98 valence electrons. The maximum atomic E-state index is 12.0.